The SMILES string of the molecule is O=C(CN1CCN(S(=O)(=O)Cc2ccccc2)CC1)NCCc1cnn(-c2ccccc2)c1. The normalized spacial score (nSPS) is 15.4. The Morgan fingerprint density at radius 3 is 2.27 bits per heavy atom. The summed E-state index contributed by atoms with van der Waals surface area (Å²) in [5.74, 6) is -0.0409. The molecule has 1 aliphatic rings. The first-order valence-corrected chi connectivity index (χ1v) is 12.7. The van der Waals surface area contributed by atoms with Crippen LogP contribution in [-0.2, 0) is 27.0 Å². The van der Waals surface area contributed by atoms with Crippen molar-refractivity contribution in [2.24, 2.45) is 0 Å². The molecule has 8 nitrogen and oxygen atoms in total. The maximum atomic E-state index is 12.7. The molecule has 0 atom stereocenters. The van der Waals surface area contributed by atoms with Gasteiger partial charge in [-0.25, -0.2) is 13.1 Å². The van der Waals surface area contributed by atoms with E-state index in [0.717, 1.165) is 16.8 Å². The highest BCUT2D eigenvalue weighted by molar-refractivity contribution is 7.88. The molecule has 1 aliphatic heterocycles. The minimum absolute atomic E-state index is 0.00911. The largest absolute Gasteiger partial charge is 0.355 e. The predicted molar refractivity (Wildman–Crippen MR) is 127 cm³/mol. The van der Waals surface area contributed by atoms with Crippen LogP contribution in [-0.4, -0.2) is 72.6 Å². The van der Waals surface area contributed by atoms with Crippen LogP contribution in [0.3, 0.4) is 0 Å². The summed E-state index contributed by atoms with van der Waals surface area (Å²) in [6, 6.07) is 19.1. The Hall–Kier alpha value is -3.01. The molecular formula is C24H29N5O3S. The Labute approximate surface area is 194 Å². The molecule has 1 aromatic heterocycles. The average Bonchev–Trinajstić information content (AvgIpc) is 3.29. The van der Waals surface area contributed by atoms with Crippen molar-refractivity contribution in [3.63, 3.8) is 0 Å². The lowest BCUT2D eigenvalue weighted by atomic mass is 10.2. The molecule has 0 aliphatic carbocycles. The van der Waals surface area contributed by atoms with Gasteiger partial charge in [0.15, 0.2) is 0 Å². The van der Waals surface area contributed by atoms with Gasteiger partial charge < -0.3 is 5.32 Å². The molecule has 1 amide bonds. The number of aromatic nitrogens is 2. The number of piperazine rings is 1. The molecule has 33 heavy (non-hydrogen) atoms. The highest BCUT2D eigenvalue weighted by Crippen LogP contribution is 2.13. The van der Waals surface area contributed by atoms with E-state index in [1.54, 1.807) is 0 Å². The Morgan fingerprint density at radius 1 is 0.909 bits per heavy atom. The van der Waals surface area contributed by atoms with Crippen LogP contribution in [0.15, 0.2) is 73.1 Å². The number of rotatable bonds is 9. The van der Waals surface area contributed by atoms with Gasteiger partial charge in [0.05, 0.1) is 24.2 Å². The number of sulfonamides is 1. The van der Waals surface area contributed by atoms with Gasteiger partial charge in [-0.05, 0) is 29.7 Å². The monoisotopic (exact) mass is 467 g/mol. The number of nitrogens with one attached hydrogen (secondary N) is 1. The summed E-state index contributed by atoms with van der Waals surface area (Å²) in [5, 5.41) is 7.33. The predicted octanol–water partition coefficient (Wildman–Crippen LogP) is 1.68. The minimum Gasteiger partial charge on any atom is -0.355 e. The molecule has 174 valence electrons. The molecule has 3 aromatic rings. The summed E-state index contributed by atoms with van der Waals surface area (Å²) in [6.45, 7) is 2.71. The van der Waals surface area contributed by atoms with Gasteiger partial charge in [-0.2, -0.15) is 9.40 Å². The second-order valence-corrected chi connectivity index (χ2v) is 10.1. The first-order valence-electron chi connectivity index (χ1n) is 11.1. The summed E-state index contributed by atoms with van der Waals surface area (Å²) in [6.07, 6.45) is 4.48. The molecule has 0 spiro atoms. The molecule has 0 unspecified atom stereocenters. The summed E-state index contributed by atoms with van der Waals surface area (Å²) in [5.41, 5.74) is 2.84. The molecular weight excluding hydrogens is 438 g/mol. The number of carbonyl (C=O) groups excluding carboxylic acids is 1. The number of para-hydroxylation sites is 1. The molecule has 1 N–H and O–H groups in total. The Kier molecular flexibility index (Phi) is 7.54. The van der Waals surface area contributed by atoms with Crippen LogP contribution in [0.4, 0.5) is 0 Å². The first-order chi connectivity index (χ1) is 16.0. The van der Waals surface area contributed by atoms with Crippen LogP contribution in [0.1, 0.15) is 11.1 Å². The number of benzene rings is 2. The summed E-state index contributed by atoms with van der Waals surface area (Å²) in [7, 11) is -3.35. The third kappa shape index (κ3) is 6.50. The molecule has 4 rings (SSSR count). The van der Waals surface area contributed by atoms with Gasteiger partial charge in [0.1, 0.15) is 0 Å². The van der Waals surface area contributed by atoms with E-state index in [2.05, 4.69) is 10.4 Å². The fraction of sp³-hybridized carbons (Fsp3) is 0.333. The van der Waals surface area contributed by atoms with Crippen LogP contribution < -0.4 is 5.32 Å². The highest BCUT2D eigenvalue weighted by Gasteiger charge is 2.27. The number of nitrogens with zero attached hydrogens (tertiary/aromatic N) is 4. The van der Waals surface area contributed by atoms with Crippen LogP contribution in [0.2, 0.25) is 0 Å². The Balaban J connectivity index is 1.17. The summed E-state index contributed by atoms with van der Waals surface area (Å²) < 4.78 is 28.7. The topological polar surface area (TPSA) is 87.5 Å². The quantitative estimate of drug-likeness (QED) is 0.517. The maximum absolute atomic E-state index is 12.7. The van der Waals surface area contributed by atoms with Gasteiger partial charge in [0.25, 0.3) is 0 Å². The number of amides is 1. The molecule has 9 heteroatoms. The lowest BCUT2D eigenvalue weighted by Gasteiger charge is -2.33. The van der Waals surface area contributed by atoms with Gasteiger partial charge in [0.2, 0.25) is 15.9 Å². The smallest absolute Gasteiger partial charge is 0.234 e. The van der Waals surface area contributed by atoms with Crippen LogP contribution >= 0.6 is 0 Å². The minimum atomic E-state index is -3.35. The van der Waals surface area contributed by atoms with Crippen molar-refractivity contribution in [1.82, 2.24) is 24.3 Å². The molecule has 2 heterocycles. The van der Waals surface area contributed by atoms with E-state index < -0.39 is 10.0 Å². The Morgan fingerprint density at radius 2 is 1.58 bits per heavy atom. The zero-order valence-corrected chi connectivity index (χ0v) is 19.3. The number of hydrogen-bond donors (Lipinski definition) is 1. The van der Waals surface area contributed by atoms with Gasteiger partial charge >= 0.3 is 0 Å². The van der Waals surface area contributed by atoms with E-state index in [0.29, 0.717) is 39.1 Å². The van der Waals surface area contributed by atoms with Crippen molar-refractivity contribution in [2.75, 3.05) is 39.3 Å². The van der Waals surface area contributed by atoms with Gasteiger partial charge in [0, 0.05) is 38.9 Å². The molecule has 1 saturated heterocycles. The third-order valence-electron chi connectivity index (χ3n) is 5.68. The lowest BCUT2D eigenvalue weighted by Crippen LogP contribution is -2.51. The zero-order chi connectivity index (χ0) is 23.1. The number of hydrogen-bond acceptors (Lipinski definition) is 5. The molecule has 0 radical (unpaired) electrons. The van der Waals surface area contributed by atoms with Crippen molar-refractivity contribution in [1.29, 1.82) is 0 Å². The van der Waals surface area contributed by atoms with Crippen LogP contribution in [0.5, 0.6) is 0 Å². The first kappa shape index (κ1) is 23.2. The number of carbonyl (C=O) groups is 1. The van der Waals surface area contributed by atoms with E-state index in [1.165, 1.54) is 4.31 Å². The van der Waals surface area contributed by atoms with Crippen molar-refractivity contribution in [3.05, 3.63) is 84.2 Å². The Bertz CT molecular complexity index is 1140. The highest BCUT2D eigenvalue weighted by atomic mass is 32.2. The molecule has 2 aromatic carbocycles. The fourth-order valence-corrected chi connectivity index (χ4v) is 5.37. The summed E-state index contributed by atoms with van der Waals surface area (Å²) >= 11 is 0. The van der Waals surface area contributed by atoms with E-state index >= 15 is 0 Å². The average molecular weight is 468 g/mol. The van der Waals surface area contributed by atoms with Crippen molar-refractivity contribution < 1.29 is 13.2 Å². The van der Waals surface area contributed by atoms with Gasteiger partial charge in [-0.3, -0.25) is 9.69 Å². The van der Waals surface area contributed by atoms with Crippen molar-refractivity contribution >= 4 is 15.9 Å². The molecule has 0 saturated carbocycles. The zero-order valence-electron chi connectivity index (χ0n) is 18.5. The van der Waals surface area contributed by atoms with Crippen LogP contribution in [0, 0.1) is 0 Å². The van der Waals surface area contributed by atoms with E-state index in [1.807, 2.05) is 82.6 Å². The second kappa shape index (κ2) is 10.7. The molecule has 1 fully saturated rings. The van der Waals surface area contributed by atoms with E-state index in [9.17, 15) is 13.2 Å². The maximum Gasteiger partial charge on any atom is 0.234 e. The standard InChI is InChI=1S/C24H29N5O3S/c30-24(25-12-11-22-17-26-29(18-22)23-9-5-2-6-10-23)19-27-13-15-28(16-14-27)33(31,32)20-21-7-3-1-4-8-21/h1-10,17-18H,11-16,19-20H2,(H,25,30). The van der Waals surface area contributed by atoms with E-state index in [4.69, 9.17) is 0 Å². The lowest BCUT2D eigenvalue weighted by molar-refractivity contribution is -0.122. The third-order valence-corrected chi connectivity index (χ3v) is 7.53. The molecule has 0 bridgehead atoms. The van der Waals surface area contributed by atoms with Crippen molar-refractivity contribution in [2.45, 2.75) is 12.2 Å². The van der Waals surface area contributed by atoms with Crippen LogP contribution in [0.25, 0.3) is 5.69 Å². The van der Waals surface area contributed by atoms with E-state index in [-0.39, 0.29) is 18.2 Å². The summed E-state index contributed by atoms with van der Waals surface area (Å²) in [4.78, 5) is 14.3. The van der Waals surface area contributed by atoms with Gasteiger partial charge in [-0.15, -0.1) is 0 Å². The van der Waals surface area contributed by atoms with Gasteiger partial charge in [-0.1, -0.05) is 48.5 Å². The second-order valence-electron chi connectivity index (χ2n) is 8.15. The van der Waals surface area contributed by atoms with Crippen molar-refractivity contribution in [3.8, 4) is 5.69 Å². The fourth-order valence-electron chi connectivity index (χ4n) is 3.86.